The molecular weight excluding hydrogens is 340 g/mol. The first kappa shape index (κ1) is 18.7. The summed E-state index contributed by atoms with van der Waals surface area (Å²) in [6, 6.07) is 8.45. The normalized spacial score (nSPS) is 25.0. The Labute approximate surface area is 162 Å². The third-order valence-electron chi connectivity index (χ3n) is 6.01. The highest BCUT2D eigenvalue weighted by molar-refractivity contribution is 5.82. The highest BCUT2D eigenvalue weighted by Gasteiger charge is 2.34. The molecule has 3 aliphatic rings. The maximum Gasteiger partial charge on any atom is 0.238 e. The van der Waals surface area contributed by atoms with Crippen LogP contribution < -0.4 is 10.1 Å². The van der Waals surface area contributed by atoms with E-state index >= 15 is 0 Å². The Hall–Kier alpha value is -1.63. The molecule has 1 aromatic carbocycles. The number of hydrogen-bond acceptors (Lipinski definition) is 5. The van der Waals surface area contributed by atoms with Gasteiger partial charge in [-0.2, -0.15) is 0 Å². The SMILES string of the molecule is O=C1NCCN2CCN(Cc3cccc(OCCN4CCCCC4)c3)CC12. The van der Waals surface area contributed by atoms with Gasteiger partial charge in [0.15, 0.2) is 0 Å². The van der Waals surface area contributed by atoms with E-state index in [4.69, 9.17) is 4.74 Å². The van der Waals surface area contributed by atoms with E-state index in [1.165, 1.54) is 37.9 Å². The summed E-state index contributed by atoms with van der Waals surface area (Å²) >= 11 is 0. The Kier molecular flexibility index (Phi) is 6.27. The molecule has 1 amide bonds. The summed E-state index contributed by atoms with van der Waals surface area (Å²) in [6.45, 7) is 9.64. The summed E-state index contributed by atoms with van der Waals surface area (Å²) < 4.78 is 6.01. The predicted molar refractivity (Wildman–Crippen MR) is 106 cm³/mol. The Balaban J connectivity index is 1.27. The number of amides is 1. The summed E-state index contributed by atoms with van der Waals surface area (Å²) in [5.41, 5.74) is 1.26. The van der Waals surface area contributed by atoms with Crippen LogP contribution in [0.15, 0.2) is 24.3 Å². The number of likely N-dealkylation sites (tertiary alicyclic amines) is 1. The van der Waals surface area contributed by atoms with Gasteiger partial charge < -0.3 is 10.1 Å². The lowest BCUT2D eigenvalue weighted by Gasteiger charge is -2.43. The topological polar surface area (TPSA) is 48.1 Å². The summed E-state index contributed by atoms with van der Waals surface area (Å²) in [7, 11) is 0. The minimum Gasteiger partial charge on any atom is -0.492 e. The number of nitrogens with one attached hydrogen (secondary N) is 1. The molecule has 1 N–H and O–H groups in total. The molecule has 6 heteroatoms. The molecule has 3 saturated heterocycles. The second-order valence-corrected chi connectivity index (χ2v) is 7.98. The zero-order valence-corrected chi connectivity index (χ0v) is 16.2. The van der Waals surface area contributed by atoms with E-state index in [0.29, 0.717) is 0 Å². The predicted octanol–water partition coefficient (Wildman–Crippen LogP) is 1.17. The Morgan fingerprint density at radius 2 is 1.93 bits per heavy atom. The number of carbonyl (C=O) groups is 1. The van der Waals surface area contributed by atoms with Gasteiger partial charge in [0.05, 0.1) is 0 Å². The van der Waals surface area contributed by atoms with Gasteiger partial charge in [0.2, 0.25) is 5.91 Å². The van der Waals surface area contributed by atoms with Crippen LogP contribution in [0.5, 0.6) is 5.75 Å². The van der Waals surface area contributed by atoms with Crippen LogP contribution in [-0.2, 0) is 11.3 Å². The van der Waals surface area contributed by atoms with Crippen molar-refractivity contribution in [1.82, 2.24) is 20.0 Å². The summed E-state index contributed by atoms with van der Waals surface area (Å²) in [5, 5.41) is 2.99. The molecule has 0 aliphatic carbocycles. The van der Waals surface area contributed by atoms with E-state index in [1.807, 2.05) is 6.07 Å². The summed E-state index contributed by atoms with van der Waals surface area (Å²) in [6.07, 6.45) is 4.01. The van der Waals surface area contributed by atoms with Crippen molar-refractivity contribution in [3.8, 4) is 5.75 Å². The molecule has 0 saturated carbocycles. The van der Waals surface area contributed by atoms with Crippen LogP contribution in [0, 0.1) is 0 Å². The number of fused-ring (bicyclic) bond motifs is 1. The Morgan fingerprint density at radius 1 is 1.04 bits per heavy atom. The maximum absolute atomic E-state index is 12.1. The third-order valence-corrected chi connectivity index (χ3v) is 6.01. The van der Waals surface area contributed by atoms with Crippen molar-refractivity contribution in [2.24, 2.45) is 0 Å². The fraction of sp³-hybridized carbons (Fsp3) is 0.667. The zero-order valence-electron chi connectivity index (χ0n) is 16.2. The first-order valence-corrected chi connectivity index (χ1v) is 10.5. The molecule has 6 nitrogen and oxygen atoms in total. The van der Waals surface area contributed by atoms with Crippen molar-refractivity contribution < 1.29 is 9.53 Å². The summed E-state index contributed by atoms with van der Waals surface area (Å²) in [4.78, 5) is 19.3. The van der Waals surface area contributed by atoms with Crippen LogP contribution >= 0.6 is 0 Å². The molecule has 0 aromatic heterocycles. The summed E-state index contributed by atoms with van der Waals surface area (Å²) in [5.74, 6) is 1.14. The molecule has 0 bridgehead atoms. The quantitative estimate of drug-likeness (QED) is 0.812. The first-order valence-electron chi connectivity index (χ1n) is 10.5. The van der Waals surface area contributed by atoms with E-state index in [-0.39, 0.29) is 11.9 Å². The van der Waals surface area contributed by atoms with Crippen LogP contribution in [0.3, 0.4) is 0 Å². The number of benzene rings is 1. The van der Waals surface area contributed by atoms with Gasteiger partial charge in [-0.3, -0.25) is 19.5 Å². The van der Waals surface area contributed by atoms with Crippen LogP contribution in [0.25, 0.3) is 0 Å². The van der Waals surface area contributed by atoms with Crippen molar-refractivity contribution >= 4 is 5.91 Å². The van der Waals surface area contributed by atoms with Crippen molar-refractivity contribution in [3.63, 3.8) is 0 Å². The molecule has 4 rings (SSSR count). The van der Waals surface area contributed by atoms with Gasteiger partial charge in [-0.15, -0.1) is 0 Å². The van der Waals surface area contributed by atoms with Gasteiger partial charge in [-0.1, -0.05) is 18.6 Å². The standard InChI is InChI=1S/C21H32N4O2/c26-21-20-17-24(11-12-25(20)10-7-22-21)16-18-5-4-6-19(15-18)27-14-13-23-8-2-1-3-9-23/h4-6,15,20H,1-3,7-14,16-17H2,(H,22,26). The molecule has 0 spiro atoms. The smallest absolute Gasteiger partial charge is 0.238 e. The largest absolute Gasteiger partial charge is 0.492 e. The maximum atomic E-state index is 12.1. The lowest BCUT2D eigenvalue weighted by atomic mass is 10.1. The average Bonchev–Trinajstić information content (AvgIpc) is 2.70. The zero-order chi connectivity index (χ0) is 18.5. The molecule has 0 radical (unpaired) electrons. The van der Waals surface area contributed by atoms with Gasteiger partial charge in [-0.25, -0.2) is 0 Å². The number of carbonyl (C=O) groups excluding carboxylic acids is 1. The highest BCUT2D eigenvalue weighted by Crippen LogP contribution is 2.19. The molecule has 1 aromatic rings. The highest BCUT2D eigenvalue weighted by atomic mass is 16.5. The van der Waals surface area contributed by atoms with Crippen LogP contribution in [0.4, 0.5) is 0 Å². The second kappa shape index (κ2) is 9.04. The number of hydrogen-bond donors (Lipinski definition) is 1. The van der Waals surface area contributed by atoms with Crippen LogP contribution in [0.1, 0.15) is 24.8 Å². The van der Waals surface area contributed by atoms with Crippen LogP contribution in [0.2, 0.25) is 0 Å². The molecular formula is C21H32N4O2. The van der Waals surface area contributed by atoms with Crippen molar-refractivity contribution in [1.29, 1.82) is 0 Å². The molecule has 3 heterocycles. The van der Waals surface area contributed by atoms with E-state index in [2.05, 4.69) is 38.2 Å². The number of rotatable bonds is 6. The Bertz CT molecular complexity index is 632. The van der Waals surface area contributed by atoms with E-state index in [0.717, 1.165) is 58.2 Å². The molecule has 1 atom stereocenters. The number of ether oxygens (including phenoxy) is 1. The van der Waals surface area contributed by atoms with Gasteiger partial charge in [0.25, 0.3) is 0 Å². The number of nitrogens with zero attached hydrogens (tertiary/aromatic N) is 3. The van der Waals surface area contributed by atoms with Crippen LogP contribution in [-0.4, -0.2) is 85.6 Å². The Morgan fingerprint density at radius 3 is 2.81 bits per heavy atom. The first-order chi connectivity index (χ1) is 13.3. The van der Waals surface area contributed by atoms with Gasteiger partial charge >= 0.3 is 0 Å². The fourth-order valence-electron chi connectivity index (χ4n) is 4.44. The lowest BCUT2D eigenvalue weighted by molar-refractivity contribution is -0.131. The number of piperidine rings is 1. The van der Waals surface area contributed by atoms with Crippen molar-refractivity contribution in [3.05, 3.63) is 29.8 Å². The molecule has 3 aliphatic heterocycles. The lowest BCUT2D eigenvalue weighted by Crippen LogP contribution is -2.63. The number of piperazine rings is 2. The second-order valence-electron chi connectivity index (χ2n) is 7.98. The van der Waals surface area contributed by atoms with E-state index in [1.54, 1.807) is 0 Å². The van der Waals surface area contributed by atoms with E-state index < -0.39 is 0 Å². The molecule has 3 fully saturated rings. The molecule has 27 heavy (non-hydrogen) atoms. The van der Waals surface area contributed by atoms with Crippen molar-refractivity contribution in [2.75, 3.05) is 59.0 Å². The van der Waals surface area contributed by atoms with Gasteiger partial charge in [0.1, 0.15) is 18.4 Å². The van der Waals surface area contributed by atoms with Gasteiger partial charge in [0, 0.05) is 45.8 Å². The van der Waals surface area contributed by atoms with Crippen molar-refractivity contribution in [2.45, 2.75) is 31.8 Å². The average molecular weight is 373 g/mol. The van der Waals surface area contributed by atoms with Gasteiger partial charge in [-0.05, 0) is 43.6 Å². The van der Waals surface area contributed by atoms with E-state index in [9.17, 15) is 4.79 Å². The molecule has 148 valence electrons. The molecule has 1 unspecified atom stereocenters. The minimum atomic E-state index is 0.0106. The third kappa shape index (κ3) is 5.00. The fourth-order valence-corrected chi connectivity index (χ4v) is 4.44. The minimum absolute atomic E-state index is 0.0106. The monoisotopic (exact) mass is 372 g/mol.